The summed E-state index contributed by atoms with van der Waals surface area (Å²) in [5, 5.41) is 12.2. The van der Waals surface area contributed by atoms with E-state index in [1.807, 2.05) is 13.0 Å². The number of esters is 1. The van der Waals surface area contributed by atoms with Crippen LogP contribution < -0.4 is 10.1 Å². The second-order valence-electron chi connectivity index (χ2n) is 6.89. The zero-order valence-electron chi connectivity index (χ0n) is 15.6. The number of hydrogen-bond donors (Lipinski definition) is 1. The molecule has 0 radical (unpaired) electrons. The van der Waals surface area contributed by atoms with E-state index < -0.39 is 11.6 Å². The quantitative estimate of drug-likeness (QED) is 0.617. The largest absolute Gasteiger partial charge is 0.427 e. The number of benzene rings is 1. The molecule has 1 aliphatic rings. The van der Waals surface area contributed by atoms with Crippen LogP contribution in [0.25, 0.3) is 0 Å². The zero-order valence-corrected chi connectivity index (χ0v) is 15.6. The van der Waals surface area contributed by atoms with E-state index in [1.54, 1.807) is 12.1 Å². The van der Waals surface area contributed by atoms with Gasteiger partial charge < -0.3 is 14.8 Å². The molecule has 1 N–H and O–H groups in total. The van der Waals surface area contributed by atoms with Crippen molar-refractivity contribution in [3.63, 3.8) is 0 Å². The van der Waals surface area contributed by atoms with E-state index in [4.69, 9.17) is 9.47 Å². The highest BCUT2D eigenvalue weighted by Gasteiger charge is 2.42. The average molecular weight is 358 g/mol. The van der Waals surface area contributed by atoms with Gasteiger partial charge in [0, 0.05) is 19.6 Å². The fourth-order valence-electron chi connectivity index (χ4n) is 3.15. The molecule has 0 atom stereocenters. The van der Waals surface area contributed by atoms with Crippen molar-refractivity contribution in [2.75, 3.05) is 11.9 Å². The molecule has 1 amide bonds. The lowest BCUT2D eigenvalue weighted by Gasteiger charge is -2.38. The Morgan fingerprint density at radius 2 is 2.04 bits per heavy atom. The van der Waals surface area contributed by atoms with Crippen molar-refractivity contribution < 1.29 is 19.1 Å². The first-order valence-electron chi connectivity index (χ1n) is 9.08. The summed E-state index contributed by atoms with van der Waals surface area (Å²) < 4.78 is 11.0. The second-order valence-corrected chi connectivity index (χ2v) is 6.89. The summed E-state index contributed by atoms with van der Waals surface area (Å²) in [5.41, 5.74) is -0.206. The number of nitriles is 1. The van der Waals surface area contributed by atoms with Crippen molar-refractivity contribution in [2.45, 2.75) is 58.5 Å². The Kier molecular flexibility index (Phi) is 6.76. The van der Waals surface area contributed by atoms with Crippen LogP contribution in [0.15, 0.2) is 18.2 Å². The molecule has 6 nitrogen and oxygen atoms in total. The number of carbonyl (C=O) groups is 2. The molecule has 0 aliphatic heterocycles. The zero-order chi connectivity index (χ0) is 19.2. The molecule has 140 valence electrons. The summed E-state index contributed by atoms with van der Waals surface area (Å²) in [7, 11) is 0. The molecular weight excluding hydrogens is 332 g/mol. The van der Waals surface area contributed by atoms with Gasteiger partial charge >= 0.3 is 5.97 Å². The molecule has 1 fully saturated rings. The Balaban J connectivity index is 2.20. The monoisotopic (exact) mass is 358 g/mol. The molecule has 0 aromatic heterocycles. The third-order valence-electron chi connectivity index (χ3n) is 4.70. The lowest BCUT2D eigenvalue weighted by molar-refractivity contribution is -0.147. The van der Waals surface area contributed by atoms with Crippen molar-refractivity contribution in [3.8, 4) is 11.8 Å². The molecule has 0 heterocycles. The number of hydrogen-bond acceptors (Lipinski definition) is 5. The highest BCUT2D eigenvalue weighted by molar-refractivity contribution is 5.98. The summed E-state index contributed by atoms with van der Waals surface area (Å²) in [6.07, 6.45) is 4.06. The van der Waals surface area contributed by atoms with Gasteiger partial charge in [0.05, 0.1) is 11.3 Å². The van der Waals surface area contributed by atoms with Crippen molar-refractivity contribution in [1.82, 2.24) is 0 Å². The maximum Gasteiger partial charge on any atom is 0.308 e. The Morgan fingerprint density at radius 1 is 1.35 bits per heavy atom. The summed E-state index contributed by atoms with van der Waals surface area (Å²) in [6, 6.07) is 6.61. The summed E-state index contributed by atoms with van der Waals surface area (Å²) in [6.45, 7) is 6.01. The molecule has 26 heavy (non-hydrogen) atoms. The maximum absolute atomic E-state index is 13.0. The lowest BCUT2D eigenvalue weighted by Crippen LogP contribution is -2.48. The minimum atomic E-state index is -0.843. The van der Waals surface area contributed by atoms with Gasteiger partial charge in [-0.2, -0.15) is 5.26 Å². The molecular formula is C20H26N2O4. The van der Waals surface area contributed by atoms with E-state index in [1.165, 1.54) is 13.0 Å². The first-order chi connectivity index (χ1) is 12.4. The number of amides is 1. The third-order valence-corrected chi connectivity index (χ3v) is 4.70. The fourth-order valence-corrected chi connectivity index (χ4v) is 3.15. The first-order valence-corrected chi connectivity index (χ1v) is 9.08. The van der Waals surface area contributed by atoms with Crippen molar-refractivity contribution in [3.05, 3.63) is 23.8 Å². The minimum Gasteiger partial charge on any atom is -0.427 e. The van der Waals surface area contributed by atoms with Gasteiger partial charge in [-0.15, -0.1) is 0 Å². The van der Waals surface area contributed by atoms with E-state index in [9.17, 15) is 14.9 Å². The smallest absolute Gasteiger partial charge is 0.308 e. The van der Waals surface area contributed by atoms with Crippen molar-refractivity contribution in [2.24, 2.45) is 5.92 Å². The van der Waals surface area contributed by atoms with Gasteiger partial charge in [0.25, 0.3) is 5.91 Å². The Labute approximate surface area is 154 Å². The van der Waals surface area contributed by atoms with Crippen LogP contribution in [0.4, 0.5) is 5.69 Å². The van der Waals surface area contributed by atoms with Gasteiger partial charge in [0.1, 0.15) is 17.4 Å². The topological polar surface area (TPSA) is 88.4 Å². The highest BCUT2D eigenvalue weighted by Crippen LogP contribution is 2.36. The number of rotatable bonds is 6. The van der Waals surface area contributed by atoms with Crippen LogP contribution in [0.3, 0.4) is 0 Å². The van der Waals surface area contributed by atoms with Gasteiger partial charge in [-0.1, -0.05) is 13.8 Å². The van der Waals surface area contributed by atoms with E-state index in [0.29, 0.717) is 31.1 Å². The molecule has 0 unspecified atom stereocenters. The number of carbonyl (C=O) groups excluding carboxylic acids is 2. The Bertz CT molecular complexity index is 695. The van der Waals surface area contributed by atoms with Gasteiger partial charge in [0.15, 0.2) is 0 Å². The number of ether oxygens (including phenoxy) is 2. The summed E-state index contributed by atoms with van der Waals surface area (Å²) >= 11 is 0. The van der Waals surface area contributed by atoms with Crippen LogP contribution in [-0.2, 0) is 14.3 Å². The fraction of sp³-hybridized carbons (Fsp3) is 0.550. The molecule has 1 saturated carbocycles. The number of nitrogens with zero attached hydrogens (tertiary/aromatic N) is 1. The van der Waals surface area contributed by atoms with Crippen LogP contribution in [-0.4, -0.2) is 24.1 Å². The Morgan fingerprint density at radius 3 is 2.62 bits per heavy atom. The van der Waals surface area contributed by atoms with Crippen molar-refractivity contribution in [1.29, 1.82) is 5.26 Å². The molecule has 6 heteroatoms. The van der Waals surface area contributed by atoms with Gasteiger partial charge in [0.2, 0.25) is 0 Å². The van der Waals surface area contributed by atoms with Crippen molar-refractivity contribution >= 4 is 17.6 Å². The van der Waals surface area contributed by atoms with Crippen LogP contribution in [0.1, 0.15) is 58.4 Å². The molecule has 1 aromatic rings. The van der Waals surface area contributed by atoms with Crippen LogP contribution in [0.5, 0.6) is 5.75 Å². The predicted molar refractivity (Wildman–Crippen MR) is 97.7 cm³/mol. The van der Waals surface area contributed by atoms with Gasteiger partial charge in [-0.25, -0.2) is 0 Å². The molecule has 1 aromatic carbocycles. The van der Waals surface area contributed by atoms with E-state index in [-0.39, 0.29) is 17.2 Å². The van der Waals surface area contributed by atoms with Crippen LogP contribution in [0.2, 0.25) is 0 Å². The van der Waals surface area contributed by atoms with Gasteiger partial charge in [-0.05, 0) is 50.2 Å². The molecule has 2 rings (SSSR count). The Hall–Kier alpha value is -2.39. The average Bonchev–Trinajstić information content (AvgIpc) is 2.62. The SMILES string of the molecule is CCCOC1(C(=O)Nc2ccc(OC(C)=O)cc2C#N)CCC(C)CC1. The lowest BCUT2D eigenvalue weighted by atomic mass is 9.78. The second kappa shape index (κ2) is 8.81. The molecule has 0 saturated heterocycles. The van der Waals surface area contributed by atoms with Gasteiger partial charge in [-0.3, -0.25) is 9.59 Å². The summed E-state index contributed by atoms with van der Waals surface area (Å²) in [5.74, 6) is 0.179. The molecule has 0 bridgehead atoms. The third kappa shape index (κ3) is 4.83. The maximum atomic E-state index is 13.0. The minimum absolute atomic E-state index is 0.213. The number of nitrogens with one attached hydrogen (secondary N) is 1. The summed E-state index contributed by atoms with van der Waals surface area (Å²) in [4.78, 5) is 24.1. The van der Waals surface area contributed by atoms with E-state index in [0.717, 1.165) is 19.3 Å². The molecule has 0 spiro atoms. The predicted octanol–water partition coefficient (Wildman–Crippen LogP) is 3.80. The van der Waals surface area contributed by atoms with E-state index >= 15 is 0 Å². The van der Waals surface area contributed by atoms with Crippen LogP contribution in [0, 0.1) is 17.2 Å². The normalized spacial score (nSPS) is 22.3. The first kappa shape index (κ1) is 19.9. The highest BCUT2D eigenvalue weighted by atomic mass is 16.5. The van der Waals surface area contributed by atoms with Crippen LogP contribution >= 0.6 is 0 Å². The molecule has 1 aliphatic carbocycles. The van der Waals surface area contributed by atoms with E-state index in [2.05, 4.69) is 12.2 Å². The number of anilines is 1. The standard InChI is InChI=1S/C20H26N2O4/c1-4-11-25-20(9-7-14(2)8-10-20)19(24)22-18-6-5-17(26-15(3)23)12-16(18)13-21/h5-6,12,14H,4,7-11H2,1-3H3,(H,22,24).